The minimum atomic E-state index is -0.608. The van der Waals surface area contributed by atoms with Crippen LogP contribution < -0.4 is 0 Å². The van der Waals surface area contributed by atoms with Gasteiger partial charge >= 0.3 is 11.7 Å². The first kappa shape index (κ1) is 16.6. The summed E-state index contributed by atoms with van der Waals surface area (Å²) in [6.07, 6.45) is -0.505. The molecule has 0 amide bonds. The molecule has 24 heavy (non-hydrogen) atoms. The molecule has 1 aliphatic rings. The van der Waals surface area contributed by atoms with Crippen molar-refractivity contribution in [2.45, 2.75) is 12.7 Å². The fourth-order valence-corrected chi connectivity index (χ4v) is 2.93. The van der Waals surface area contributed by atoms with E-state index < -0.39 is 18.0 Å². The minimum absolute atomic E-state index is 0.000316. The predicted molar refractivity (Wildman–Crippen MR) is 91.2 cm³/mol. The van der Waals surface area contributed by atoms with Gasteiger partial charge in [-0.25, -0.2) is 4.79 Å². The Morgan fingerprint density at radius 3 is 2.50 bits per heavy atom. The van der Waals surface area contributed by atoms with Gasteiger partial charge in [0.2, 0.25) is 0 Å². The molecule has 1 heterocycles. The summed E-state index contributed by atoms with van der Waals surface area (Å²) in [6, 6.07) is 17.2. The number of benzene rings is 2. The number of halogens is 1. The van der Waals surface area contributed by atoms with Crippen molar-refractivity contribution in [1.29, 1.82) is 0 Å². The summed E-state index contributed by atoms with van der Waals surface area (Å²) in [5, 5.41) is 0. The Bertz CT molecular complexity index is 771. The topological polar surface area (TPSA) is 71.9 Å². The first-order valence-electron chi connectivity index (χ1n) is 7.49. The normalized spacial score (nSPS) is 19.9. The Kier molecular flexibility index (Phi) is 5.20. The van der Waals surface area contributed by atoms with Gasteiger partial charge in [0.15, 0.2) is 0 Å². The van der Waals surface area contributed by atoms with Crippen LogP contribution >= 0.6 is 15.9 Å². The summed E-state index contributed by atoms with van der Waals surface area (Å²) in [6.45, 7) is 0.624. The van der Waals surface area contributed by atoms with Gasteiger partial charge in [0.25, 0.3) is 0 Å². The largest absolute Gasteiger partial charge is 0.448 e. The molecule has 1 fully saturated rings. The molecular formula is C18H15BrN2O3. The molecule has 0 bridgehead atoms. The van der Waals surface area contributed by atoms with E-state index in [-0.39, 0.29) is 12.3 Å². The molecule has 0 unspecified atom stereocenters. The molecule has 0 saturated carbocycles. The molecule has 0 radical (unpaired) electrons. The van der Waals surface area contributed by atoms with E-state index in [9.17, 15) is 4.79 Å². The van der Waals surface area contributed by atoms with Crippen LogP contribution in [0.25, 0.3) is 5.53 Å². The zero-order chi connectivity index (χ0) is 16.9. The number of carbonyl (C=O) groups is 1. The maximum atomic E-state index is 11.9. The van der Waals surface area contributed by atoms with Gasteiger partial charge in [-0.15, -0.1) is 0 Å². The Hall–Kier alpha value is -2.27. The lowest BCUT2D eigenvalue weighted by molar-refractivity contribution is -0.140. The van der Waals surface area contributed by atoms with Gasteiger partial charge in [-0.1, -0.05) is 58.4 Å². The summed E-state index contributed by atoms with van der Waals surface area (Å²) in [5.41, 5.74) is 11.0. The molecule has 1 aliphatic heterocycles. The van der Waals surface area contributed by atoms with E-state index in [2.05, 4.69) is 20.7 Å². The van der Waals surface area contributed by atoms with Gasteiger partial charge < -0.3 is 15.0 Å². The van der Waals surface area contributed by atoms with Crippen molar-refractivity contribution < 1.29 is 19.1 Å². The summed E-state index contributed by atoms with van der Waals surface area (Å²) in [7, 11) is 0. The van der Waals surface area contributed by atoms with Crippen molar-refractivity contribution in [3.8, 4) is 0 Å². The monoisotopic (exact) mass is 386 g/mol. The average molecular weight is 387 g/mol. The van der Waals surface area contributed by atoms with E-state index in [1.54, 1.807) is 0 Å². The molecule has 122 valence electrons. The van der Waals surface area contributed by atoms with Crippen LogP contribution in [-0.2, 0) is 20.9 Å². The van der Waals surface area contributed by atoms with Crippen LogP contribution in [-0.4, -0.2) is 23.1 Å². The lowest BCUT2D eigenvalue weighted by Gasteiger charge is -2.15. The third-order valence-electron chi connectivity index (χ3n) is 3.88. The van der Waals surface area contributed by atoms with Crippen LogP contribution in [0.3, 0.4) is 0 Å². The fourth-order valence-electron chi connectivity index (χ4n) is 2.66. The van der Waals surface area contributed by atoms with Crippen LogP contribution in [0, 0.1) is 5.92 Å². The summed E-state index contributed by atoms with van der Waals surface area (Å²) < 4.78 is 12.1. The quantitative estimate of drug-likeness (QED) is 0.448. The highest BCUT2D eigenvalue weighted by Crippen LogP contribution is 2.33. The van der Waals surface area contributed by atoms with Gasteiger partial charge in [-0.3, -0.25) is 0 Å². The Balaban J connectivity index is 1.71. The second-order valence-corrected chi connectivity index (χ2v) is 6.39. The van der Waals surface area contributed by atoms with Crippen LogP contribution in [0.5, 0.6) is 0 Å². The number of carbonyl (C=O) groups excluding carboxylic acids is 1. The molecule has 5 nitrogen and oxygen atoms in total. The Morgan fingerprint density at radius 2 is 1.83 bits per heavy atom. The summed E-state index contributed by atoms with van der Waals surface area (Å²) >= 11 is 3.39. The lowest BCUT2D eigenvalue weighted by Crippen LogP contribution is -2.23. The maximum absolute atomic E-state index is 11.9. The highest BCUT2D eigenvalue weighted by Gasteiger charge is 2.49. The number of rotatable bonds is 5. The third-order valence-corrected chi connectivity index (χ3v) is 4.40. The molecule has 6 heteroatoms. The number of nitrogens with zero attached hydrogens (tertiary/aromatic N) is 2. The lowest BCUT2D eigenvalue weighted by atomic mass is 9.94. The number of ether oxygens (including phenoxy) is 2. The highest BCUT2D eigenvalue weighted by molar-refractivity contribution is 9.10. The molecule has 3 rings (SSSR count). The van der Waals surface area contributed by atoms with Gasteiger partial charge in [-0.2, -0.15) is 4.79 Å². The molecular weight excluding hydrogens is 372 g/mol. The smallest absolute Gasteiger partial charge is 0.418 e. The summed E-state index contributed by atoms with van der Waals surface area (Å²) in [5.74, 6) is -1.05. The SMILES string of the molecule is [N-]=[N+]=C1C(=O)O[C@H](c2ccccc2)[C@H]1COCc1ccc(Br)cc1. The zero-order valence-electron chi connectivity index (χ0n) is 12.8. The molecule has 0 aliphatic carbocycles. The van der Waals surface area contributed by atoms with E-state index in [0.717, 1.165) is 15.6 Å². The molecule has 0 aromatic heterocycles. The van der Waals surface area contributed by atoms with Crippen LogP contribution in [0.15, 0.2) is 59.1 Å². The van der Waals surface area contributed by atoms with E-state index in [0.29, 0.717) is 6.61 Å². The Morgan fingerprint density at radius 1 is 1.12 bits per heavy atom. The zero-order valence-corrected chi connectivity index (χ0v) is 14.3. The fraction of sp³-hybridized carbons (Fsp3) is 0.222. The van der Waals surface area contributed by atoms with Crippen molar-refractivity contribution in [3.63, 3.8) is 0 Å². The maximum Gasteiger partial charge on any atom is 0.418 e. The number of hydrogen-bond donors (Lipinski definition) is 0. The second-order valence-electron chi connectivity index (χ2n) is 5.47. The Labute approximate surface area is 148 Å². The standard InChI is InChI=1S/C18H15BrN2O3/c19-14-8-6-12(7-9-14)10-23-11-15-16(21-20)18(22)24-17(15)13-4-2-1-3-5-13/h1-9,15,17H,10-11H2/t15-,17+/m0/s1. The van der Waals surface area contributed by atoms with Crippen molar-refractivity contribution in [1.82, 2.24) is 0 Å². The number of esters is 1. The first-order chi connectivity index (χ1) is 11.7. The molecule has 0 spiro atoms. The van der Waals surface area contributed by atoms with Crippen LogP contribution in [0.1, 0.15) is 17.2 Å². The molecule has 2 atom stereocenters. The second kappa shape index (κ2) is 7.53. The average Bonchev–Trinajstić information content (AvgIpc) is 2.93. The minimum Gasteiger partial charge on any atom is -0.448 e. The molecule has 2 aromatic rings. The van der Waals surface area contributed by atoms with Crippen LogP contribution in [0.4, 0.5) is 0 Å². The molecule has 0 N–H and O–H groups in total. The van der Waals surface area contributed by atoms with E-state index in [1.807, 2.05) is 54.6 Å². The molecule has 1 saturated heterocycles. The van der Waals surface area contributed by atoms with E-state index in [1.165, 1.54) is 0 Å². The van der Waals surface area contributed by atoms with Crippen molar-refractivity contribution in [2.24, 2.45) is 5.92 Å². The number of hydrogen-bond acceptors (Lipinski definition) is 3. The van der Waals surface area contributed by atoms with Crippen molar-refractivity contribution >= 4 is 27.6 Å². The van der Waals surface area contributed by atoms with Gasteiger partial charge in [0.05, 0.1) is 13.2 Å². The van der Waals surface area contributed by atoms with Crippen molar-refractivity contribution in [2.75, 3.05) is 6.61 Å². The summed E-state index contributed by atoms with van der Waals surface area (Å²) in [4.78, 5) is 15.0. The van der Waals surface area contributed by atoms with E-state index >= 15 is 0 Å². The van der Waals surface area contributed by atoms with Crippen molar-refractivity contribution in [3.05, 3.63) is 75.7 Å². The number of cyclic esters (lactones) is 1. The first-order valence-corrected chi connectivity index (χ1v) is 8.28. The van der Waals surface area contributed by atoms with E-state index in [4.69, 9.17) is 15.0 Å². The van der Waals surface area contributed by atoms with Gasteiger partial charge in [-0.05, 0) is 23.3 Å². The van der Waals surface area contributed by atoms with Gasteiger partial charge in [0, 0.05) is 4.47 Å². The van der Waals surface area contributed by atoms with Crippen LogP contribution in [0.2, 0.25) is 0 Å². The molecule has 2 aromatic carbocycles. The highest BCUT2D eigenvalue weighted by atomic mass is 79.9. The van der Waals surface area contributed by atoms with Gasteiger partial charge in [0.1, 0.15) is 12.0 Å². The predicted octanol–water partition coefficient (Wildman–Crippen LogP) is 3.55. The third kappa shape index (κ3) is 3.62.